The number of ether oxygens (including phenoxy) is 1. The van der Waals surface area contributed by atoms with Crippen molar-refractivity contribution in [2.75, 3.05) is 7.11 Å². The normalized spacial score (nSPS) is 15.0. The minimum Gasteiger partial charge on any atom is -0.497 e. The van der Waals surface area contributed by atoms with E-state index in [0.717, 1.165) is 42.8 Å². The summed E-state index contributed by atoms with van der Waals surface area (Å²) in [5.74, 6) is 2.15. The molecule has 1 aliphatic carbocycles. The number of nitrogens with zero attached hydrogens (tertiary/aromatic N) is 3. The van der Waals surface area contributed by atoms with Gasteiger partial charge in [-0.2, -0.15) is 0 Å². The smallest absolute Gasteiger partial charge is 0.332 e. The molecule has 1 atom stereocenters. The molecule has 0 bridgehead atoms. The van der Waals surface area contributed by atoms with Gasteiger partial charge < -0.3 is 9.72 Å². The standard InChI is InChI=1S/C22H28N4O3/c1-4-12-25-20-18(21(27)26(13-5-2)22(25)28)23-19(24-20)17(14-6-7-14)15-8-10-16(29-3)11-9-15/h8-11,14,17H,4-7,12-13H2,1-3H3,(H,23,24). The zero-order chi connectivity index (χ0) is 20.5. The molecule has 1 aromatic carbocycles. The van der Waals surface area contributed by atoms with Crippen LogP contribution in [0, 0.1) is 5.92 Å². The Morgan fingerprint density at radius 3 is 2.34 bits per heavy atom. The number of methoxy groups -OCH3 is 1. The molecule has 0 spiro atoms. The molecule has 1 fully saturated rings. The maximum absolute atomic E-state index is 13.0. The Morgan fingerprint density at radius 1 is 1.10 bits per heavy atom. The Hall–Kier alpha value is -2.83. The summed E-state index contributed by atoms with van der Waals surface area (Å²) in [5.41, 5.74) is 1.51. The van der Waals surface area contributed by atoms with Gasteiger partial charge in [0.25, 0.3) is 5.56 Å². The predicted octanol–water partition coefficient (Wildman–Crippen LogP) is 3.26. The molecular formula is C22H28N4O3. The summed E-state index contributed by atoms with van der Waals surface area (Å²) in [6, 6.07) is 8.02. The van der Waals surface area contributed by atoms with E-state index in [1.165, 1.54) is 4.57 Å². The van der Waals surface area contributed by atoms with E-state index in [0.29, 0.717) is 30.2 Å². The number of hydrogen-bond donors (Lipinski definition) is 1. The molecule has 7 heteroatoms. The second kappa shape index (κ2) is 7.89. The first-order valence-electron chi connectivity index (χ1n) is 10.5. The molecule has 0 radical (unpaired) electrons. The molecule has 0 saturated heterocycles. The van der Waals surface area contributed by atoms with Crippen molar-refractivity contribution in [1.29, 1.82) is 0 Å². The number of aromatic amines is 1. The van der Waals surface area contributed by atoms with Crippen LogP contribution in [0.15, 0.2) is 33.9 Å². The third-order valence-electron chi connectivity index (χ3n) is 5.64. The number of hydrogen-bond acceptors (Lipinski definition) is 4. The molecule has 2 aromatic heterocycles. The Kier molecular flexibility index (Phi) is 5.30. The molecule has 154 valence electrons. The molecule has 0 amide bonds. The van der Waals surface area contributed by atoms with Gasteiger partial charge in [0.05, 0.1) is 7.11 Å². The molecule has 4 rings (SSSR count). The van der Waals surface area contributed by atoms with Crippen LogP contribution < -0.4 is 16.0 Å². The summed E-state index contributed by atoms with van der Waals surface area (Å²) in [4.78, 5) is 34.0. The van der Waals surface area contributed by atoms with Crippen LogP contribution in [0.2, 0.25) is 0 Å². The summed E-state index contributed by atoms with van der Waals surface area (Å²) in [7, 11) is 1.65. The quantitative estimate of drug-likeness (QED) is 0.634. The maximum atomic E-state index is 13.0. The van der Waals surface area contributed by atoms with Gasteiger partial charge in [-0.15, -0.1) is 0 Å². The second-order valence-electron chi connectivity index (χ2n) is 7.80. The highest BCUT2D eigenvalue weighted by atomic mass is 16.5. The fourth-order valence-electron chi connectivity index (χ4n) is 4.07. The minimum absolute atomic E-state index is 0.0810. The molecule has 0 aliphatic heterocycles. The van der Waals surface area contributed by atoms with Crippen molar-refractivity contribution in [3.8, 4) is 5.75 Å². The van der Waals surface area contributed by atoms with Gasteiger partial charge in [0.1, 0.15) is 17.1 Å². The van der Waals surface area contributed by atoms with E-state index in [-0.39, 0.29) is 17.2 Å². The summed E-state index contributed by atoms with van der Waals surface area (Å²) >= 11 is 0. The van der Waals surface area contributed by atoms with Crippen LogP contribution in [-0.4, -0.2) is 26.2 Å². The summed E-state index contributed by atoms with van der Waals surface area (Å²) in [6.45, 7) is 4.94. The molecule has 3 aromatic rings. The Labute approximate surface area is 169 Å². The number of imidazole rings is 1. The Bertz CT molecular complexity index is 1120. The predicted molar refractivity (Wildman–Crippen MR) is 113 cm³/mol. The molecule has 1 saturated carbocycles. The van der Waals surface area contributed by atoms with Gasteiger partial charge in [0.15, 0.2) is 5.65 Å². The Morgan fingerprint density at radius 2 is 1.76 bits per heavy atom. The first kappa shape index (κ1) is 19.5. The highest BCUT2D eigenvalue weighted by Crippen LogP contribution is 2.45. The van der Waals surface area contributed by atoms with Crippen molar-refractivity contribution in [1.82, 2.24) is 19.1 Å². The van der Waals surface area contributed by atoms with Crippen molar-refractivity contribution in [3.05, 3.63) is 56.5 Å². The van der Waals surface area contributed by atoms with E-state index >= 15 is 0 Å². The lowest BCUT2D eigenvalue weighted by Gasteiger charge is -2.14. The van der Waals surface area contributed by atoms with E-state index in [2.05, 4.69) is 17.1 Å². The third kappa shape index (κ3) is 3.50. The summed E-state index contributed by atoms with van der Waals surface area (Å²) in [6.07, 6.45) is 3.79. The fraction of sp³-hybridized carbons (Fsp3) is 0.500. The summed E-state index contributed by atoms with van der Waals surface area (Å²) < 4.78 is 8.26. The van der Waals surface area contributed by atoms with Crippen LogP contribution in [0.1, 0.15) is 56.8 Å². The van der Waals surface area contributed by atoms with Crippen LogP contribution in [-0.2, 0) is 13.1 Å². The Balaban J connectivity index is 1.88. The van der Waals surface area contributed by atoms with Gasteiger partial charge in [-0.25, -0.2) is 9.78 Å². The number of benzene rings is 1. The van der Waals surface area contributed by atoms with E-state index in [4.69, 9.17) is 9.72 Å². The lowest BCUT2D eigenvalue weighted by Crippen LogP contribution is -2.40. The molecular weight excluding hydrogens is 368 g/mol. The second-order valence-corrected chi connectivity index (χ2v) is 7.80. The molecule has 2 heterocycles. The highest BCUT2D eigenvalue weighted by Gasteiger charge is 2.36. The molecule has 1 unspecified atom stereocenters. The molecule has 29 heavy (non-hydrogen) atoms. The van der Waals surface area contributed by atoms with Crippen molar-refractivity contribution in [3.63, 3.8) is 0 Å². The zero-order valence-corrected chi connectivity index (χ0v) is 17.3. The number of H-pyrrole nitrogens is 1. The van der Waals surface area contributed by atoms with Gasteiger partial charge in [-0.05, 0) is 49.3 Å². The number of aryl methyl sites for hydroxylation is 1. The molecule has 7 nitrogen and oxygen atoms in total. The van der Waals surface area contributed by atoms with Gasteiger partial charge in [0.2, 0.25) is 0 Å². The van der Waals surface area contributed by atoms with E-state index in [1.54, 1.807) is 11.7 Å². The van der Waals surface area contributed by atoms with Crippen LogP contribution >= 0.6 is 0 Å². The lowest BCUT2D eigenvalue weighted by atomic mass is 9.93. The number of aromatic nitrogens is 4. The molecule has 1 aliphatic rings. The van der Waals surface area contributed by atoms with E-state index in [1.807, 2.05) is 26.0 Å². The monoisotopic (exact) mass is 396 g/mol. The van der Waals surface area contributed by atoms with Gasteiger partial charge in [-0.3, -0.25) is 13.9 Å². The van der Waals surface area contributed by atoms with Crippen LogP contribution in [0.4, 0.5) is 0 Å². The van der Waals surface area contributed by atoms with Crippen molar-refractivity contribution in [2.24, 2.45) is 5.92 Å². The van der Waals surface area contributed by atoms with Crippen molar-refractivity contribution in [2.45, 2.75) is 58.5 Å². The van der Waals surface area contributed by atoms with Crippen LogP contribution in [0.3, 0.4) is 0 Å². The fourth-order valence-corrected chi connectivity index (χ4v) is 4.07. The number of nitrogens with one attached hydrogen (secondary N) is 1. The topological polar surface area (TPSA) is 81.9 Å². The average Bonchev–Trinajstić information content (AvgIpc) is 3.47. The zero-order valence-electron chi connectivity index (χ0n) is 17.3. The summed E-state index contributed by atoms with van der Waals surface area (Å²) in [5, 5.41) is 0. The lowest BCUT2D eigenvalue weighted by molar-refractivity contribution is 0.414. The average molecular weight is 396 g/mol. The largest absolute Gasteiger partial charge is 0.497 e. The van der Waals surface area contributed by atoms with Gasteiger partial charge >= 0.3 is 5.69 Å². The van der Waals surface area contributed by atoms with E-state index < -0.39 is 0 Å². The maximum Gasteiger partial charge on any atom is 0.332 e. The van der Waals surface area contributed by atoms with Crippen LogP contribution in [0.25, 0.3) is 11.2 Å². The first-order valence-corrected chi connectivity index (χ1v) is 10.5. The van der Waals surface area contributed by atoms with E-state index in [9.17, 15) is 9.59 Å². The van der Waals surface area contributed by atoms with Crippen LogP contribution in [0.5, 0.6) is 5.75 Å². The van der Waals surface area contributed by atoms with Gasteiger partial charge in [-0.1, -0.05) is 26.0 Å². The number of rotatable bonds is 8. The minimum atomic E-state index is -0.276. The third-order valence-corrected chi connectivity index (χ3v) is 5.64. The highest BCUT2D eigenvalue weighted by molar-refractivity contribution is 5.70. The SMILES string of the molecule is CCCn1c(=O)c2[nH]c(C(c3ccc(OC)cc3)C3CC3)nc2n(CCC)c1=O. The molecule has 1 N–H and O–H groups in total. The number of fused-ring (bicyclic) bond motifs is 1. The van der Waals surface area contributed by atoms with Crippen molar-refractivity contribution >= 4 is 11.2 Å². The van der Waals surface area contributed by atoms with Gasteiger partial charge in [0, 0.05) is 19.0 Å². The van der Waals surface area contributed by atoms with Crippen molar-refractivity contribution < 1.29 is 4.74 Å². The first-order chi connectivity index (χ1) is 14.1.